The number of imide groups is 1. The first-order valence-corrected chi connectivity index (χ1v) is 8.59. The van der Waals surface area contributed by atoms with Crippen LogP contribution in [0.3, 0.4) is 0 Å². The SMILES string of the molecule is O=C1C2=C(CCCC2)C(=O)N1c1c(Cl)cc(Cl)c2c1CCCO2. The van der Waals surface area contributed by atoms with E-state index in [-0.39, 0.29) is 11.8 Å². The second kappa shape index (κ2) is 5.53. The molecule has 0 fully saturated rings. The van der Waals surface area contributed by atoms with E-state index in [1.165, 1.54) is 4.90 Å². The number of carbonyl (C=O) groups is 2. The lowest BCUT2D eigenvalue weighted by Gasteiger charge is -2.26. The molecule has 4 rings (SSSR count). The Morgan fingerprint density at radius 2 is 1.57 bits per heavy atom. The van der Waals surface area contributed by atoms with Gasteiger partial charge in [0.1, 0.15) is 5.75 Å². The molecule has 6 heteroatoms. The van der Waals surface area contributed by atoms with Gasteiger partial charge in [0.25, 0.3) is 11.8 Å². The van der Waals surface area contributed by atoms with Crippen molar-refractivity contribution in [3.8, 4) is 5.75 Å². The Balaban J connectivity index is 1.86. The van der Waals surface area contributed by atoms with Crippen LogP contribution in [0.15, 0.2) is 17.2 Å². The third-order valence-electron chi connectivity index (χ3n) is 4.69. The Hall–Kier alpha value is -1.52. The predicted octanol–water partition coefficient (Wildman–Crippen LogP) is 4.06. The van der Waals surface area contributed by atoms with Crippen LogP contribution in [0.1, 0.15) is 37.7 Å². The number of halogens is 2. The number of benzene rings is 1. The van der Waals surface area contributed by atoms with Crippen LogP contribution >= 0.6 is 23.2 Å². The summed E-state index contributed by atoms with van der Waals surface area (Å²) in [6.07, 6.45) is 4.72. The molecule has 2 amide bonds. The van der Waals surface area contributed by atoms with E-state index in [1.54, 1.807) is 6.07 Å². The molecule has 0 saturated heterocycles. The molecular weight excluding hydrogens is 337 g/mol. The summed E-state index contributed by atoms with van der Waals surface area (Å²) < 4.78 is 5.65. The normalized spacial score (nSPS) is 20.5. The summed E-state index contributed by atoms with van der Waals surface area (Å²) in [4.78, 5) is 26.8. The predicted molar refractivity (Wildman–Crippen MR) is 88.3 cm³/mol. The lowest BCUT2D eigenvalue weighted by Crippen LogP contribution is -2.33. The molecule has 1 aromatic carbocycles. The fourth-order valence-electron chi connectivity index (χ4n) is 3.64. The highest BCUT2D eigenvalue weighted by molar-refractivity contribution is 6.41. The largest absolute Gasteiger partial charge is 0.492 e. The third-order valence-corrected chi connectivity index (χ3v) is 5.26. The van der Waals surface area contributed by atoms with Crippen molar-refractivity contribution in [1.82, 2.24) is 0 Å². The maximum absolute atomic E-state index is 12.8. The molecule has 120 valence electrons. The maximum atomic E-state index is 12.8. The highest BCUT2D eigenvalue weighted by Gasteiger charge is 2.42. The number of rotatable bonds is 1. The van der Waals surface area contributed by atoms with Crippen molar-refractivity contribution < 1.29 is 14.3 Å². The Morgan fingerprint density at radius 3 is 2.22 bits per heavy atom. The first-order valence-electron chi connectivity index (χ1n) is 7.84. The Labute approximate surface area is 144 Å². The van der Waals surface area contributed by atoms with Gasteiger partial charge in [0.15, 0.2) is 0 Å². The van der Waals surface area contributed by atoms with Crippen LogP contribution in [0, 0.1) is 0 Å². The fraction of sp³-hybridized carbons (Fsp3) is 0.412. The van der Waals surface area contributed by atoms with Crippen LogP contribution in [-0.2, 0) is 16.0 Å². The van der Waals surface area contributed by atoms with Crippen LogP contribution in [0.2, 0.25) is 10.0 Å². The van der Waals surface area contributed by atoms with Gasteiger partial charge < -0.3 is 4.74 Å². The second-order valence-corrected chi connectivity index (χ2v) is 6.87. The number of anilines is 1. The molecule has 4 nitrogen and oxygen atoms in total. The van der Waals surface area contributed by atoms with E-state index in [1.807, 2.05) is 0 Å². The van der Waals surface area contributed by atoms with Crippen molar-refractivity contribution in [2.75, 3.05) is 11.5 Å². The number of ether oxygens (including phenoxy) is 1. The van der Waals surface area contributed by atoms with Crippen molar-refractivity contribution >= 4 is 40.7 Å². The van der Waals surface area contributed by atoms with Gasteiger partial charge >= 0.3 is 0 Å². The molecule has 0 bridgehead atoms. The topological polar surface area (TPSA) is 46.6 Å². The highest BCUT2D eigenvalue weighted by atomic mass is 35.5. The van der Waals surface area contributed by atoms with E-state index in [0.29, 0.717) is 58.5 Å². The standard InChI is InChI=1S/C17H15Cl2NO3/c18-12-8-13(19)15-11(6-3-7-23-15)14(12)20-16(21)9-4-1-2-5-10(9)17(20)22/h8H,1-7H2. The van der Waals surface area contributed by atoms with Crippen molar-refractivity contribution in [2.45, 2.75) is 38.5 Å². The summed E-state index contributed by atoms with van der Waals surface area (Å²) in [6.45, 7) is 0.574. The molecule has 0 saturated carbocycles. The molecule has 0 unspecified atom stereocenters. The van der Waals surface area contributed by atoms with E-state index in [0.717, 1.165) is 24.8 Å². The molecule has 2 aliphatic heterocycles. The fourth-order valence-corrected chi connectivity index (χ4v) is 4.28. The minimum Gasteiger partial charge on any atom is -0.492 e. The van der Waals surface area contributed by atoms with Crippen LogP contribution < -0.4 is 9.64 Å². The number of carbonyl (C=O) groups excluding carboxylic acids is 2. The number of amides is 2. The van der Waals surface area contributed by atoms with Crippen molar-refractivity contribution in [3.05, 3.63) is 32.8 Å². The third kappa shape index (κ3) is 2.19. The first kappa shape index (κ1) is 15.0. The van der Waals surface area contributed by atoms with Gasteiger partial charge in [-0.15, -0.1) is 0 Å². The van der Waals surface area contributed by atoms with E-state index in [9.17, 15) is 9.59 Å². The zero-order valence-electron chi connectivity index (χ0n) is 12.5. The minimum atomic E-state index is -0.235. The quantitative estimate of drug-likeness (QED) is 0.716. The van der Waals surface area contributed by atoms with Crippen molar-refractivity contribution in [2.24, 2.45) is 0 Å². The number of fused-ring (bicyclic) bond motifs is 1. The van der Waals surface area contributed by atoms with Crippen molar-refractivity contribution in [3.63, 3.8) is 0 Å². The molecule has 0 spiro atoms. The number of nitrogens with zero attached hydrogens (tertiary/aromatic N) is 1. The zero-order valence-corrected chi connectivity index (χ0v) is 14.0. The Bertz CT molecular complexity index is 742. The lowest BCUT2D eigenvalue weighted by atomic mass is 9.93. The number of hydrogen-bond acceptors (Lipinski definition) is 3. The van der Waals surface area contributed by atoms with Crippen LogP contribution in [0.4, 0.5) is 5.69 Å². The van der Waals surface area contributed by atoms with Gasteiger partial charge in [-0.05, 0) is 44.6 Å². The molecule has 0 atom stereocenters. The van der Waals surface area contributed by atoms with Crippen LogP contribution in [0.5, 0.6) is 5.75 Å². The average molecular weight is 352 g/mol. The average Bonchev–Trinajstić information content (AvgIpc) is 2.81. The molecule has 1 aromatic rings. The van der Waals surface area contributed by atoms with E-state index in [4.69, 9.17) is 27.9 Å². The minimum absolute atomic E-state index is 0.235. The van der Waals surface area contributed by atoms with Gasteiger partial charge in [-0.2, -0.15) is 0 Å². The first-order chi connectivity index (χ1) is 11.1. The summed E-state index contributed by atoms with van der Waals surface area (Å²) in [5.41, 5.74) is 2.51. The summed E-state index contributed by atoms with van der Waals surface area (Å²) in [5.74, 6) is 0.0752. The smallest absolute Gasteiger partial charge is 0.261 e. The van der Waals surface area contributed by atoms with Gasteiger partial charge in [0.05, 0.1) is 22.3 Å². The Kier molecular flexibility index (Phi) is 3.62. The molecule has 23 heavy (non-hydrogen) atoms. The summed E-state index contributed by atoms with van der Waals surface area (Å²) in [6, 6.07) is 1.56. The highest BCUT2D eigenvalue weighted by Crippen LogP contribution is 2.46. The van der Waals surface area contributed by atoms with Gasteiger partial charge in [-0.25, -0.2) is 4.90 Å². The summed E-state index contributed by atoms with van der Waals surface area (Å²) >= 11 is 12.6. The Morgan fingerprint density at radius 1 is 0.913 bits per heavy atom. The number of hydrogen-bond donors (Lipinski definition) is 0. The molecule has 3 aliphatic rings. The summed E-state index contributed by atoms with van der Waals surface area (Å²) in [5, 5.41) is 0.742. The monoisotopic (exact) mass is 351 g/mol. The zero-order chi connectivity index (χ0) is 16.1. The molecule has 0 aromatic heterocycles. The molecule has 1 aliphatic carbocycles. The van der Waals surface area contributed by atoms with E-state index < -0.39 is 0 Å². The van der Waals surface area contributed by atoms with Gasteiger partial charge in [-0.3, -0.25) is 9.59 Å². The van der Waals surface area contributed by atoms with Gasteiger partial charge in [0, 0.05) is 16.7 Å². The van der Waals surface area contributed by atoms with E-state index >= 15 is 0 Å². The van der Waals surface area contributed by atoms with Crippen LogP contribution in [0.25, 0.3) is 0 Å². The van der Waals surface area contributed by atoms with E-state index in [2.05, 4.69) is 0 Å². The summed E-state index contributed by atoms with van der Waals surface area (Å²) in [7, 11) is 0. The lowest BCUT2D eigenvalue weighted by molar-refractivity contribution is -0.120. The molecule has 2 heterocycles. The molecular formula is C17H15Cl2NO3. The van der Waals surface area contributed by atoms with Crippen molar-refractivity contribution in [1.29, 1.82) is 0 Å². The molecule has 0 N–H and O–H groups in total. The van der Waals surface area contributed by atoms with Gasteiger partial charge in [-0.1, -0.05) is 23.2 Å². The maximum Gasteiger partial charge on any atom is 0.261 e. The van der Waals surface area contributed by atoms with Crippen LogP contribution in [-0.4, -0.2) is 18.4 Å². The molecule has 0 radical (unpaired) electrons. The second-order valence-electron chi connectivity index (χ2n) is 6.06. The van der Waals surface area contributed by atoms with Gasteiger partial charge in [0.2, 0.25) is 0 Å².